The van der Waals surface area contributed by atoms with Crippen LogP contribution in [0.15, 0.2) is 27.5 Å². The van der Waals surface area contributed by atoms with Crippen molar-refractivity contribution in [2.45, 2.75) is 17.4 Å². The standard InChI is InChI=1S/C12H16N2O3S2/c1-18-6-5-9(13)12-14-10-7-8(19(2,15)16)3-4-11(10)17-12/h3-4,7,9H,5-6,13H2,1-2H3. The number of oxazole rings is 1. The number of nitrogens with zero attached hydrogens (tertiary/aromatic N) is 1. The van der Waals surface area contributed by atoms with Gasteiger partial charge in [-0.1, -0.05) is 0 Å². The van der Waals surface area contributed by atoms with Crippen molar-refractivity contribution in [1.82, 2.24) is 4.98 Å². The summed E-state index contributed by atoms with van der Waals surface area (Å²) < 4.78 is 28.5. The van der Waals surface area contributed by atoms with Crippen LogP contribution in [-0.4, -0.2) is 31.7 Å². The molecule has 0 bridgehead atoms. The zero-order valence-corrected chi connectivity index (χ0v) is 12.4. The Morgan fingerprint density at radius 2 is 2.21 bits per heavy atom. The van der Waals surface area contributed by atoms with E-state index in [9.17, 15) is 8.42 Å². The number of benzene rings is 1. The van der Waals surface area contributed by atoms with Gasteiger partial charge < -0.3 is 10.2 Å². The first kappa shape index (κ1) is 14.4. The molecule has 1 aromatic carbocycles. The van der Waals surface area contributed by atoms with E-state index in [-0.39, 0.29) is 10.9 Å². The number of hydrogen-bond acceptors (Lipinski definition) is 6. The maximum absolute atomic E-state index is 11.5. The topological polar surface area (TPSA) is 86.2 Å². The molecular formula is C12H16N2O3S2. The summed E-state index contributed by atoms with van der Waals surface area (Å²) in [7, 11) is -3.24. The highest BCUT2D eigenvalue weighted by atomic mass is 32.2. The predicted octanol–water partition coefficient (Wildman–Crippen LogP) is 1.98. The van der Waals surface area contributed by atoms with Gasteiger partial charge >= 0.3 is 0 Å². The maximum Gasteiger partial charge on any atom is 0.212 e. The van der Waals surface area contributed by atoms with Crippen molar-refractivity contribution in [2.24, 2.45) is 5.73 Å². The minimum Gasteiger partial charge on any atom is -0.439 e. The summed E-state index contributed by atoms with van der Waals surface area (Å²) in [6, 6.07) is 4.38. The molecule has 5 nitrogen and oxygen atoms in total. The largest absolute Gasteiger partial charge is 0.439 e. The van der Waals surface area contributed by atoms with Crippen LogP contribution in [0, 0.1) is 0 Å². The van der Waals surface area contributed by atoms with Crippen molar-refractivity contribution in [3.8, 4) is 0 Å². The molecule has 0 amide bonds. The summed E-state index contributed by atoms with van der Waals surface area (Å²) in [6.07, 6.45) is 3.95. The first-order valence-electron chi connectivity index (χ1n) is 5.77. The number of sulfone groups is 1. The molecule has 0 aliphatic carbocycles. The first-order valence-corrected chi connectivity index (χ1v) is 9.05. The molecule has 7 heteroatoms. The van der Waals surface area contributed by atoms with Crippen molar-refractivity contribution in [1.29, 1.82) is 0 Å². The van der Waals surface area contributed by atoms with Crippen LogP contribution in [0.2, 0.25) is 0 Å². The Bertz CT molecular complexity index is 679. The number of rotatable bonds is 5. The summed E-state index contributed by atoms with van der Waals surface area (Å²) >= 11 is 1.71. The van der Waals surface area contributed by atoms with E-state index in [1.165, 1.54) is 18.4 Å². The second kappa shape index (κ2) is 5.52. The fraction of sp³-hybridized carbons (Fsp3) is 0.417. The van der Waals surface area contributed by atoms with Crippen LogP contribution in [0.3, 0.4) is 0 Å². The van der Waals surface area contributed by atoms with E-state index >= 15 is 0 Å². The summed E-state index contributed by atoms with van der Waals surface area (Å²) in [6.45, 7) is 0. The molecule has 0 aliphatic heterocycles. The zero-order valence-electron chi connectivity index (χ0n) is 10.8. The van der Waals surface area contributed by atoms with E-state index in [0.29, 0.717) is 17.0 Å². The van der Waals surface area contributed by atoms with Crippen molar-refractivity contribution >= 4 is 32.7 Å². The molecule has 1 atom stereocenters. The van der Waals surface area contributed by atoms with Crippen LogP contribution in [0.25, 0.3) is 11.1 Å². The predicted molar refractivity (Wildman–Crippen MR) is 77.0 cm³/mol. The monoisotopic (exact) mass is 300 g/mol. The average Bonchev–Trinajstić information content (AvgIpc) is 2.77. The minimum atomic E-state index is -3.24. The highest BCUT2D eigenvalue weighted by Gasteiger charge is 2.15. The lowest BCUT2D eigenvalue weighted by Crippen LogP contribution is -2.11. The molecule has 2 aromatic rings. The van der Waals surface area contributed by atoms with Gasteiger partial charge in [0.1, 0.15) is 5.52 Å². The number of nitrogens with two attached hydrogens (primary N) is 1. The summed E-state index contributed by atoms with van der Waals surface area (Å²) in [4.78, 5) is 4.51. The molecule has 0 saturated carbocycles. The molecule has 1 heterocycles. The molecule has 0 saturated heterocycles. The van der Waals surface area contributed by atoms with Gasteiger partial charge in [-0.3, -0.25) is 0 Å². The van der Waals surface area contributed by atoms with Crippen molar-refractivity contribution < 1.29 is 12.8 Å². The van der Waals surface area contributed by atoms with Gasteiger partial charge in [-0.25, -0.2) is 13.4 Å². The molecule has 0 fully saturated rings. The highest BCUT2D eigenvalue weighted by molar-refractivity contribution is 7.98. The highest BCUT2D eigenvalue weighted by Crippen LogP contribution is 2.23. The van der Waals surface area contributed by atoms with Gasteiger partial charge in [0.25, 0.3) is 0 Å². The summed E-state index contributed by atoms with van der Waals surface area (Å²) in [5.41, 5.74) is 7.06. The first-order chi connectivity index (χ1) is 8.91. The van der Waals surface area contributed by atoms with E-state index in [1.54, 1.807) is 17.8 Å². The molecule has 2 rings (SSSR count). The molecule has 0 radical (unpaired) electrons. The zero-order chi connectivity index (χ0) is 14.0. The lowest BCUT2D eigenvalue weighted by Gasteiger charge is -2.04. The van der Waals surface area contributed by atoms with Crippen LogP contribution >= 0.6 is 11.8 Å². The second-order valence-electron chi connectivity index (χ2n) is 4.34. The molecule has 0 aliphatic rings. The van der Waals surface area contributed by atoms with Crippen LogP contribution < -0.4 is 5.73 Å². The number of thioether (sulfide) groups is 1. The third kappa shape index (κ3) is 3.29. The molecule has 104 valence electrons. The van der Waals surface area contributed by atoms with Gasteiger partial charge in [-0.15, -0.1) is 0 Å². The van der Waals surface area contributed by atoms with E-state index < -0.39 is 9.84 Å². The maximum atomic E-state index is 11.5. The summed E-state index contributed by atoms with van der Waals surface area (Å²) in [5.74, 6) is 1.38. The van der Waals surface area contributed by atoms with E-state index in [2.05, 4.69) is 4.98 Å². The minimum absolute atomic E-state index is 0.234. The van der Waals surface area contributed by atoms with Crippen molar-refractivity contribution in [2.75, 3.05) is 18.3 Å². The fourth-order valence-electron chi connectivity index (χ4n) is 1.68. The van der Waals surface area contributed by atoms with Crippen molar-refractivity contribution in [3.63, 3.8) is 0 Å². The van der Waals surface area contributed by atoms with Gasteiger partial charge in [0.05, 0.1) is 10.9 Å². The third-order valence-corrected chi connectivity index (χ3v) is 4.51. The van der Waals surface area contributed by atoms with E-state index in [0.717, 1.165) is 12.2 Å². The average molecular weight is 300 g/mol. The number of hydrogen-bond donors (Lipinski definition) is 1. The normalized spacial score (nSPS) is 13.8. The Morgan fingerprint density at radius 1 is 1.47 bits per heavy atom. The molecule has 0 spiro atoms. The Labute approximate surface area is 116 Å². The third-order valence-electron chi connectivity index (χ3n) is 2.75. The van der Waals surface area contributed by atoms with Gasteiger partial charge in [-0.05, 0) is 36.6 Å². The Hall–Kier alpha value is -1.05. The lowest BCUT2D eigenvalue weighted by atomic mass is 10.2. The molecule has 19 heavy (non-hydrogen) atoms. The molecular weight excluding hydrogens is 284 g/mol. The van der Waals surface area contributed by atoms with Crippen LogP contribution in [-0.2, 0) is 9.84 Å². The molecule has 1 aromatic heterocycles. The van der Waals surface area contributed by atoms with Crippen LogP contribution in [0.1, 0.15) is 18.4 Å². The second-order valence-corrected chi connectivity index (χ2v) is 7.34. The lowest BCUT2D eigenvalue weighted by molar-refractivity contribution is 0.470. The SMILES string of the molecule is CSCCC(N)c1nc2cc(S(C)(=O)=O)ccc2o1. The van der Waals surface area contributed by atoms with Gasteiger partial charge in [0.2, 0.25) is 5.89 Å². The van der Waals surface area contributed by atoms with Gasteiger partial charge in [0, 0.05) is 6.26 Å². The quantitative estimate of drug-likeness (QED) is 0.908. The Kier molecular flexibility index (Phi) is 4.17. The van der Waals surface area contributed by atoms with E-state index in [1.807, 2.05) is 6.26 Å². The van der Waals surface area contributed by atoms with Crippen LogP contribution in [0.5, 0.6) is 0 Å². The number of aromatic nitrogens is 1. The van der Waals surface area contributed by atoms with Crippen LogP contribution in [0.4, 0.5) is 0 Å². The molecule has 2 N–H and O–H groups in total. The van der Waals surface area contributed by atoms with E-state index in [4.69, 9.17) is 10.2 Å². The van der Waals surface area contributed by atoms with Gasteiger partial charge in [-0.2, -0.15) is 11.8 Å². The molecule has 1 unspecified atom stereocenters. The fourth-order valence-corrected chi connectivity index (χ4v) is 2.81. The smallest absolute Gasteiger partial charge is 0.212 e. The number of fused-ring (bicyclic) bond motifs is 1. The summed E-state index contributed by atoms with van der Waals surface area (Å²) in [5, 5.41) is 0. The Morgan fingerprint density at radius 3 is 2.84 bits per heavy atom. The van der Waals surface area contributed by atoms with Gasteiger partial charge in [0.15, 0.2) is 15.4 Å². The van der Waals surface area contributed by atoms with Crippen molar-refractivity contribution in [3.05, 3.63) is 24.1 Å². The Balaban J connectivity index is 2.35.